The summed E-state index contributed by atoms with van der Waals surface area (Å²) in [5.74, 6) is 0.124. The summed E-state index contributed by atoms with van der Waals surface area (Å²) in [4.78, 5) is 1.19. The van der Waals surface area contributed by atoms with Crippen LogP contribution in [0.5, 0.6) is 0 Å². The van der Waals surface area contributed by atoms with Gasteiger partial charge in [-0.15, -0.1) is 11.3 Å². The topological polar surface area (TPSA) is 58.6 Å². The summed E-state index contributed by atoms with van der Waals surface area (Å²) in [6.45, 7) is 5.87. The fourth-order valence-electron chi connectivity index (χ4n) is 2.35. The molecule has 2 heterocycles. The van der Waals surface area contributed by atoms with Gasteiger partial charge < -0.3 is 10.1 Å². The smallest absolute Gasteiger partial charge is 0.215 e. The van der Waals surface area contributed by atoms with E-state index in [1.807, 2.05) is 26.0 Å². The van der Waals surface area contributed by atoms with E-state index in [-0.39, 0.29) is 18.0 Å². The zero-order valence-electron chi connectivity index (χ0n) is 12.2. The molecule has 2 rings (SSSR count). The van der Waals surface area contributed by atoms with Crippen LogP contribution in [0, 0.1) is 0 Å². The van der Waals surface area contributed by atoms with Crippen LogP contribution in [0.15, 0.2) is 15.9 Å². The van der Waals surface area contributed by atoms with Crippen molar-refractivity contribution in [3.05, 3.63) is 20.8 Å². The third-order valence-corrected chi connectivity index (χ3v) is 6.67. The maximum absolute atomic E-state index is 12.3. The van der Waals surface area contributed by atoms with Crippen LogP contribution in [0.3, 0.4) is 0 Å². The minimum absolute atomic E-state index is 0.0417. The van der Waals surface area contributed by atoms with Crippen molar-refractivity contribution in [1.29, 1.82) is 0 Å². The first kappa shape index (κ1) is 17.4. The highest BCUT2D eigenvalue weighted by atomic mass is 79.9. The van der Waals surface area contributed by atoms with Crippen LogP contribution in [-0.2, 0) is 21.3 Å². The molecular weight excluding hydrogens is 376 g/mol. The first-order valence-electron chi connectivity index (χ1n) is 6.95. The molecule has 1 fully saturated rings. The van der Waals surface area contributed by atoms with E-state index in [9.17, 15) is 8.42 Å². The second kappa shape index (κ2) is 7.52. The molecule has 0 saturated carbocycles. The van der Waals surface area contributed by atoms with Crippen LogP contribution in [0.1, 0.15) is 18.7 Å². The lowest BCUT2D eigenvalue weighted by Gasteiger charge is -2.34. The van der Waals surface area contributed by atoms with Crippen molar-refractivity contribution in [2.75, 3.05) is 25.4 Å². The summed E-state index contributed by atoms with van der Waals surface area (Å²) in [5, 5.41) is 3.19. The third kappa shape index (κ3) is 5.30. The number of hydrogen-bond donors (Lipinski definition) is 1. The maximum atomic E-state index is 12.3. The first-order chi connectivity index (χ1) is 9.87. The molecule has 0 spiro atoms. The molecule has 0 aromatic carbocycles. The average molecular weight is 397 g/mol. The highest BCUT2D eigenvalue weighted by Gasteiger charge is 2.30. The van der Waals surface area contributed by atoms with Crippen LogP contribution >= 0.6 is 27.3 Å². The van der Waals surface area contributed by atoms with E-state index < -0.39 is 10.0 Å². The van der Waals surface area contributed by atoms with E-state index in [0.717, 1.165) is 3.79 Å². The third-order valence-electron chi connectivity index (χ3n) is 3.24. The molecule has 0 aliphatic carbocycles. The molecule has 2 unspecified atom stereocenters. The van der Waals surface area contributed by atoms with Crippen molar-refractivity contribution in [2.24, 2.45) is 0 Å². The Morgan fingerprint density at radius 3 is 2.62 bits per heavy atom. The summed E-state index contributed by atoms with van der Waals surface area (Å²) in [6, 6.07) is 4.02. The van der Waals surface area contributed by atoms with E-state index in [1.54, 1.807) is 15.6 Å². The summed E-state index contributed by atoms with van der Waals surface area (Å²) in [6.07, 6.45) is -0.0834. The van der Waals surface area contributed by atoms with E-state index in [0.29, 0.717) is 26.2 Å². The lowest BCUT2D eigenvalue weighted by molar-refractivity contribution is -0.0440. The van der Waals surface area contributed by atoms with Gasteiger partial charge in [-0.1, -0.05) is 0 Å². The highest BCUT2D eigenvalue weighted by molar-refractivity contribution is 9.11. The number of nitrogens with one attached hydrogen (secondary N) is 1. The predicted octanol–water partition coefficient (Wildman–Crippen LogP) is 2.04. The number of sulfonamides is 1. The Bertz CT molecular complexity index is 552. The van der Waals surface area contributed by atoms with E-state index in [4.69, 9.17) is 4.74 Å². The van der Waals surface area contributed by atoms with Crippen LogP contribution in [0.25, 0.3) is 0 Å². The number of thiophene rings is 1. The molecule has 8 heteroatoms. The lowest BCUT2D eigenvalue weighted by atomic mass is 10.3. The normalized spacial score (nSPS) is 24.3. The van der Waals surface area contributed by atoms with Crippen LogP contribution in [0.4, 0.5) is 0 Å². The zero-order chi connectivity index (χ0) is 15.5. The molecule has 1 aliphatic rings. The van der Waals surface area contributed by atoms with Gasteiger partial charge >= 0.3 is 0 Å². The quantitative estimate of drug-likeness (QED) is 0.747. The Labute approximate surface area is 138 Å². The van der Waals surface area contributed by atoms with Crippen molar-refractivity contribution in [3.63, 3.8) is 0 Å². The number of rotatable bonds is 6. The molecule has 0 bridgehead atoms. The van der Waals surface area contributed by atoms with Crippen LogP contribution in [-0.4, -0.2) is 50.3 Å². The standard InChI is InChI=1S/C13H21BrN2O3S2/c1-10-8-16(9-11(2)19-10)21(17,18)6-5-15-7-12-3-4-13(14)20-12/h3-4,10-11,15H,5-9H2,1-2H3. The number of halogens is 1. The van der Waals surface area contributed by atoms with E-state index >= 15 is 0 Å². The molecule has 1 saturated heterocycles. The van der Waals surface area contributed by atoms with Gasteiger partial charge in [-0.25, -0.2) is 8.42 Å². The lowest BCUT2D eigenvalue weighted by Crippen LogP contribution is -2.49. The second-order valence-electron chi connectivity index (χ2n) is 5.27. The molecule has 1 aliphatic heterocycles. The Morgan fingerprint density at radius 1 is 1.38 bits per heavy atom. The van der Waals surface area contributed by atoms with Crippen molar-refractivity contribution in [2.45, 2.75) is 32.6 Å². The van der Waals surface area contributed by atoms with Crippen molar-refractivity contribution in [3.8, 4) is 0 Å². The molecule has 1 N–H and O–H groups in total. The second-order valence-corrected chi connectivity index (χ2v) is 9.91. The van der Waals surface area contributed by atoms with Gasteiger partial charge in [-0.2, -0.15) is 4.31 Å². The van der Waals surface area contributed by atoms with Gasteiger partial charge in [0.15, 0.2) is 0 Å². The Morgan fingerprint density at radius 2 is 2.05 bits per heavy atom. The summed E-state index contributed by atoms with van der Waals surface area (Å²) < 4.78 is 32.8. The largest absolute Gasteiger partial charge is 0.373 e. The van der Waals surface area contributed by atoms with Crippen LogP contribution in [0.2, 0.25) is 0 Å². The number of nitrogens with zero attached hydrogens (tertiary/aromatic N) is 1. The van der Waals surface area contributed by atoms with Gasteiger partial charge in [-0.05, 0) is 41.9 Å². The fraction of sp³-hybridized carbons (Fsp3) is 0.692. The number of morpholine rings is 1. The molecule has 0 amide bonds. The van der Waals surface area contributed by atoms with E-state index in [2.05, 4.69) is 21.2 Å². The minimum Gasteiger partial charge on any atom is -0.373 e. The average Bonchev–Trinajstić information content (AvgIpc) is 2.79. The number of hydrogen-bond acceptors (Lipinski definition) is 5. The van der Waals surface area contributed by atoms with Crippen LogP contribution < -0.4 is 5.32 Å². The SMILES string of the molecule is CC1CN(S(=O)(=O)CCNCc2ccc(Br)s2)CC(C)O1. The van der Waals surface area contributed by atoms with E-state index in [1.165, 1.54) is 4.88 Å². The fourth-order valence-corrected chi connectivity index (χ4v) is 5.33. The van der Waals surface area contributed by atoms with Crippen molar-refractivity contribution in [1.82, 2.24) is 9.62 Å². The Balaban J connectivity index is 1.78. The first-order valence-corrected chi connectivity index (χ1v) is 10.2. The van der Waals surface area contributed by atoms with Gasteiger partial charge in [0, 0.05) is 31.1 Å². The van der Waals surface area contributed by atoms with Gasteiger partial charge in [0.25, 0.3) is 0 Å². The summed E-state index contributed by atoms with van der Waals surface area (Å²) in [5.41, 5.74) is 0. The molecule has 0 radical (unpaired) electrons. The Hall–Kier alpha value is 0.01000. The maximum Gasteiger partial charge on any atom is 0.215 e. The van der Waals surface area contributed by atoms with Crippen molar-refractivity contribution >= 4 is 37.3 Å². The molecule has 1 aromatic heterocycles. The predicted molar refractivity (Wildman–Crippen MR) is 89.1 cm³/mol. The molecule has 120 valence electrons. The molecule has 1 aromatic rings. The minimum atomic E-state index is -3.21. The molecule has 21 heavy (non-hydrogen) atoms. The monoisotopic (exact) mass is 396 g/mol. The summed E-state index contributed by atoms with van der Waals surface area (Å²) >= 11 is 5.06. The Kier molecular flexibility index (Phi) is 6.22. The van der Waals surface area contributed by atoms with Gasteiger partial charge in [-0.3, -0.25) is 0 Å². The molecular formula is C13H21BrN2O3S2. The molecule has 2 atom stereocenters. The summed E-state index contributed by atoms with van der Waals surface area (Å²) in [7, 11) is -3.21. The highest BCUT2D eigenvalue weighted by Crippen LogP contribution is 2.21. The van der Waals surface area contributed by atoms with Gasteiger partial charge in [0.2, 0.25) is 10.0 Å². The van der Waals surface area contributed by atoms with Crippen molar-refractivity contribution < 1.29 is 13.2 Å². The number of ether oxygens (including phenoxy) is 1. The van der Waals surface area contributed by atoms with Gasteiger partial charge in [0.05, 0.1) is 21.7 Å². The molecule has 5 nitrogen and oxygen atoms in total. The van der Waals surface area contributed by atoms with Gasteiger partial charge in [0.1, 0.15) is 0 Å². The zero-order valence-corrected chi connectivity index (χ0v) is 15.4.